The molecule has 2 heterocycles. The van der Waals surface area contributed by atoms with Gasteiger partial charge in [0.15, 0.2) is 0 Å². The Morgan fingerprint density at radius 1 is 1.29 bits per heavy atom. The summed E-state index contributed by atoms with van der Waals surface area (Å²) in [6.07, 6.45) is 6.18. The maximum atomic E-state index is 11.6. The van der Waals surface area contributed by atoms with Gasteiger partial charge in [-0.1, -0.05) is 0 Å². The van der Waals surface area contributed by atoms with Crippen LogP contribution in [-0.4, -0.2) is 5.91 Å². The zero-order valence-electron chi connectivity index (χ0n) is 9.42. The molecule has 4 nitrogen and oxygen atoms in total. The van der Waals surface area contributed by atoms with Gasteiger partial charge in [0, 0.05) is 6.08 Å². The molecular formula is C13H13NO3. The normalized spacial score (nSPS) is 12.8. The van der Waals surface area contributed by atoms with Crippen molar-refractivity contribution in [1.29, 1.82) is 0 Å². The van der Waals surface area contributed by atoms with Crippen molar-refractivity contribution in [3.63, 3.8) is 0 Å². The fourth-order valence-electron chi connectivity index (χ4n) is 1.41. The molecule has 1 N–H and O–H groups in total. The molecule has 0 aliphatic heterocycles. The molecule has 0 radical (unpaired) electrons. The molecule has 0 aliphatic rings. The van der Waals surface area contributed by atoms with Crippen molar-refractivity contribution in [3.8, 4) is 0 Å². The summed E-state index contributed by atoms with van der Waals surface area (Å²) in [6, 6.07) is 7.00. The summed E-state index contributed by atoms with van der Waals surface area (Å²) in [5, 5.41) is 2.78. The lowest BCUT2D eigenvalue weighted by Gasteiger charge is -2.08. The summed E-state index contributed by atoms with van der Waals surface area (Å²) in [7, 11) is 0. The number of amides is 1. The SMILES string of the molecule is CC(NC(=O)/C=C/c1ccco1)c1ccco1. The van der Waals surface area contributed by atoms with E-state index in [1.165, 1.54) is 6.08 Å². The van der Waals surface area contributed by atoms with Gasteiger partial charge in [-0.15, -0.1) is 0 Å². The standard InChI is InChI=1S/C13H13NO3/c1-10(12-5-3-9-17-12)14-13(15)7-6-11-4-2-8-16-11/h2-10H,1H3,(H,14,15)/b7-6+. The highest BCUT2D eigenvalue weighted by atomic mass is 16.3. The van der Waals surface area contributed by atoms with Crippen LogP contribution in [0, 0.1) is 0 Å². The molecular weight excluding hydrogens is 218 g/mol. The highest BCUT2D eigenvalue weighted by Gasteiger charge is 2.09. The van der Waals surface area contributed by atoms with Gasteiger partial charge in [0.2, 0.25) is 5.91 Å². The van der Waals surface area contributed by atoms with Crippen molar-refractivity contribution in [1.82, 2.24) is 5.32 Å². The first-order valence-electron chi connectivity index (χ1n) is 5.31. The quantitative estimate of drug-likeness (QED) is 0.823. The molecule has 0 bridgehead atoms. The van der Waals surface area contributed by atoms with E-state index in [0.717, 1.165) is 5.76 Å². The molecule has 0 spiro atoms. The maximum absolute atomic E-state index is 11.6. The molecule has 1 unspecified atom stereocenters. The van der Waals surface area contributed by atoms with E-state index in [1.54, 1.807) is 36.8 Å². The van der Waals surface area contributed by atoms with Crippen molar-refractivity contribution in [2.45, 2.75) is 13.0 Å². The number of rotatable bonds is 4. The van der Waals surface area contributed by atoms with E-state index in [0.29, 0.717) is 5.76 Å². The van der Waals surface area contributed by atoms with Crippen LogP contribution in [0.2, 0.25) is 0 Å². The molecule has 17 heavy (non-hydrogen) atoms. The summed E-state index contributed by atoms with van der Waals surface area (Å²) >= 11 is 0. The lowest BCUT2D eigenvalue weighted by molar-refractivity contribution is -0.117. The smallest absolute Gasteiger partial charge is 0.244 e. The molecule has 2 rings (SSSR count). The van der Waals surface area contributed by atoms with Gasteiger partial charge in [0.05, 0.1) is 18.6 Å². The van der Waals surface area contributed by atoms with Crippen LogP contribution >= 0.6 is 0 Å². The number of hydrogen-bond acceptors (Lipinski definition) is 3. The molecule has 88 valence electrons. The Labute approximate surface area is 98.9 Å². The van der Waals surface area contributed by atoms with E-state index in [4.69, 9.17) is 8.83 Å². The fourth-order valence-corrected chi connectivity index (χ4v) is 1.41. The number of hydrogen-bond donors (Lipinski definition) is 1. The van der Waals surface area contributed by atoms with Crippen LogP contribution in [0.1, 0.15) is 24.5 Å². The second-order valence-corrected chi connectivity index (χ2v) is 3.59. The summed E-state index contributed by atoms with van der Waals surface area (Å²) in [4.78, 5) is 11.6. The van der Waals surface area contributed by atoms with Gasteiger partial charge in [0.25, 0.3) is 0 Å². The Morgan fingerprint density at radius 2 is 2.06 bits per heavy atom. The third kappa shape index (κ3) is 3.11. The fraction of sp³-hybridized carbons (Fsp3) is 0.154. The Hall–Kier alpha value is -2.23. The van der Waals surface area contributed by atoms with Gasteiger partial charge >= 0.3 is 0 Å². The highest BCUT2D eigenvalue weighted by molar-refractivity contribution is 5.91. The van der Waals surface area contributed by atoms with E-state index < -0.39 is 0 Å². The molecule has 2 aromatic heterocycles. The first-order valence-corrected chi connectivity index (χ1v) is 5.31. The first kappa shape index (κ1) is 11.3. The van der Waals surface area contributed by atoms with E-state index in [1.807, 2.05) is 13.0 Å². The second-order valence-electron chi connectivity index (χ2n) is 3.59. The van der Waals surface area contributed by atoms with Crippen LogP contribution in [0.3, 0.4) is 0 Å². The molecule has 1 amide bonds. The highest BCUT2D eigenvalue weighted by Crippen LogP contribution is 2.12. The first-order chi connectivity index (χ1) is 8.25. The minimum atomic E-state index is -0.190. The minimum absolute atomic E-state index is 0.154. The Kier molecular flexibility index (Phi) is 3.45. The van der Waals surface area contributed by atoms with Gasteiger partial charge in [-0.2, -0.15) is 0 Å². The molecule has 0 fully saturated rings. The van der Waals surface area contributed by atoms with E-state index in [2.05, 4.69) is 5.32 Å². The molecule has 0 saturated carbocycles. The van der Waals surface area contributed by atoms with Gasteiger partial charge < -0.3 is 14.2 Å². The summed E-state index contributed by atoms with van der Waals surface area (Å²) in [5.41, 5.74) is 0. The molecule has 2 aromatic rings. The van der Waals surface area contributed by atoms with E-state index >= 15 is 0 Å². The monoisotopic (exact) mass is 231 g/mol. The summed E-state index contributed by atoms with van der Waals surface area (Å²) in [5.74, 6) is 1.18. The van der Waals surface area contributed by atoms with E-state index in [-0.39, 0.29) is 11.9 Å². The van der Waals surface area contributed by atoms with Crippen LogP contribution < -0.4 is 5.32 Å². The predicted molar refractivity (Wildman–Crippen MR) is 63.0 cm³/mol. The minimum Gasteiger partial charge on any atom is -0.467 e. The molecule has 1 atom stereocenters. The van der Waals surface area contributed by atoms with Gasteiger partial charge in [-0.25, -0.2) is 0 Å². The number of carbonyl (C=O) groups is 1. The predicted octanol–water partition coefficient (Wildman–Crippen LogP) is 2.76. The van der Waals surface area contributed by atoms with Crippen LogP contribution in [-0.2, 0) is 4.79 Å². The second kappa shape index (κ2) is 5.21. The number of furan rings is 2. The zero-order chi connectivity index (χ0) is 12.1. The summed E-state index contributed by atoms with van der Waals surface area (Å²) < 4.78 is 10.3. The lowest BCUT2D eigenvalue weighted by Crippen LogP contribution is -2.24. The topological polar surface area (TPSA) is 55.4 Å². The average molecular weight is 231 g/mol. The van der Waals surface area contributed by atoms with E-state index in [9.17, 15) is 4.79 Å². The Morgan fingerprint density at radius 3 is 2.71 bits per heavy atom. The van der Waals surface area contributed by atoms with Crippen LogP contribution in [0.5, 0.6) is 0 Å². The van der Waals surface area contributed by atoms with Crippen LogP contribution in [0.25, 0.3) is 6.08 Å². The third-order valence-electron chi connectivity index (χ3n) is 2.27. The van der Waals surface area contributed by atoms with Gasteiger partial charge in [-0.05, 0) is 37.3 Å². The third-order valence-corrected chi connectivity index (χ3v) is 2.27. The van der Waals surface area contributed by atoms with Crippen LogP contribution in [0.15, 0.2) is 51.7 Å². The molecule has 4 heteroatoms. The van der Waals surface area contributed by atoms with Crippen molar-refractivity contribution < 1.29 is 13.6 Å². The molecule has 0 saturated heterocycles. The van der Waals surface area contributed by atoms with Crippen LogP contribution in [0.4, 0.5) is 0 Å². The number of nitrogens with one attached hydrogen (secondary N) is 1. The molecule has 0 aliphatic carbocycles. The van der Waals surface area contributed by atoms with Gasteiger partial charge in [0.1, 0.15) is 11.5 Å². The molecule has 0 aromatic carbocycles. The summed E-state index contributed by atoms with van der Waals surface area (Å²) in [6.45, 7) is 1.86. The lowest BCUT2D eigenvalue weighted by atomic mass is 10.2. The average Bonchev–Trinajstić information content (AvgIpc) is 2.99. The van der Waals surface area contributed by atoms with Gasteiger partial charge in [-0.3, -0.25) is 4.79 Å². The van der Waals surface area contributed by atoms with Crippen molar-refractivity contribution in [2.24, 2.45) is 0 Å². The van der Waals surface area contributed by atoms with Crippen molar-refractivity contribution >= 4 is 12.0 Å². The maximum Gasteiger partial charge on any atom is 0.244 e. The van der Waals surface area contributed by atoms with Crippen molar-refractivity contribution in [2.75, 3.05) is 0 Å². The Balaban J connectivity index is 1.89. The number of carbonyl (C=O) groups excluding carboxylic acids is 1. The largest absolute Gasteiger partial charge is 0.467 e. The zero-order valence-corrected chi connectivity index (χ0v) is 9.42. The van der Waals surface area contributed by atoms with Crippen molar-refractivity contribution in [3.05, 3.63) is 54.4 Å². The Bertz CT molecular complexity index is 483.